The third kappa shape index (κ3) is 5.45. The average molecular weight is 765 g/mol. The summed E-state index contributed by atoms with van der Waals surface area (Å²) >= 11 is 0. The molecule has 0 N–H and O–H groups in total. The van der Waals surface area contributed by atoms with Crippen molar-refractivity contribution < 1.29 is 0 Å². The minimum Gasteiger partial charge on any atom is -0.311 e. The zero-order valence-corrected chi connectivity index (χ0v) is 33.9. The number of fused-ring (bicyclic) bond motifs is 5. The zero-order valence-electron chi connectivity index (χ0n) is 33.9. The molecule has 0 amide bonds. The van der Waals surface area contributed by atoms with Gasteiger partial charge in [0.1, 0.15) is 0 Å². The monoisotopic (exact) mass is 764 g/mol. The quantitative estimate of drug-likeness (QED) is 0.152. The first-order chi connectivity index (χ1) is 29.2. The molecule has 1 spiro atoms. The molecule has 7 aromatic carbocycles. The van der Waals surface area contributed by atoms with Crippen LogP contribution in [0.15, 0.2) is 182 Å². The van der Waals surface area contributed by atoms with Crippen molar-refractivity contribution in [1.82, 2.24) is 0 Å². The zero-order chi connectivity index (χ0) is 39.0. The largest absolute Gasteiger partial charge is 0.311 e. The maximum Gasteiger partial charge on any atom is 0.0465 e. The fraction of sp³-hybridized carbons (Fsp3) is 0.263. The molecule has 0 radical (unpaired) electrons. The molecule has 2 nitrogen and oxygen atoms in total. The van der Waals surface area contributed by atoms with Crippen LogP contribution in [0.25, 0.3) is 11.1 Å². The van der Waals surface area contributed by atoms with E-state index in [4.69, 9.17) is 0 Å². The van der Waals surface area contributed by atoms with Gasteiger partial charge in [-0.2, -0.15) is 0 Å². The van der Waals surface area contributed by atoms with E-state index >= 15 is 0 Å². The van der Waals surface area contributed by atoms with Crippen LogP contribution < -0.4 is 9.80 Å². The second-order valence-corrected chi connectivity index (χ2v) is 18.5. The lowest BCUT2D eigenvalue weighted by Crippen LogP contribution is -2.56. The number of hydrogen-bond acceptors (Lipinski definition) is 2. The van der Waals surface area contributed by atoms with E-state index in [1.165, 1.54) is 120 Å². The van der Waals surface area contributed by atoms with Crippen LogP contribution in [0.3, 0.4) is 0 Å². The smallest absolute Gasteiger partial charge is 0.0465 e. The molecule has 0 saturated heterocycles. The molecule has 0 atom stereocenters. The normalized spacial score (nSPS) is 24.2. The number of benzene rings is 7. The van der Waals surface area contributed by atoms with Gasteiger partial charge in [-0.05, 0) is 175 Å². The van der Waals surface area contributed by atoms with Crippen molar-refractivity contribution in [3.8, 4) is 11.1 Å². The van der Waals surface area contributed by atoms with Crippen molar-refractivity contribution >= 4 is 34.1 Å². The highest BCUT2D eigenvalue weighted by Gasteiger charge is 2.58. The van der Waals surface area contributed by atoms with E-state index < -0.39 is 0 Å². The van der Waals surface area contributed by atoms with Crippen molar-refractivity contribution in [1.29, 1.82) is 0 Å². The Labute approximate surface area is 350 Å². The van der Waals surface area contributed by atoms with Crippen LogP contribution >= 0.6 is 0 Å². The van der Waals surface area contributed by atoms with Crippen LogP contribution in [0.4, 0.5) is 34.1 Å². The number of anilines is 6. The molecule has 5 saturated carbocycles. The van der Waals surface area contributed by atoms with Gasteiger partial charge in [0.05, 0.1) is 0 Å². The molecule has 0 heterocycles. The highest BCUT2D eigenvalue weighted by Crippen LogP contribution is 2.65. The summed E-state index contributed by atoms with van der Waals surface area (Å²) in [7, 11) is 0. The Hall–Kier alpha value is -5.86. The molecule has 7 aromatic rings. The Morgan fingerprint density at radius 2 is 0.763 bits per heavy atom. The third-order valence-corrected chi connectivity index (χ3v) is 15.6. The molecule has 6 aliphatic carbocycles. The van der Waals surface area contributed by atoms with Crippen LogP contribution in [-0.4, -0.2) is 0 Å². The first kappa shape index (κ1) is 35.1. The number of hydrogen-bond donors (Lipinski definition) is 0. The Morgan fingerprint density at radius 3 is 1.27 bits per heavy atom. The van der Waals surface area contributed by atoms with Gasteiger partial charge in [-0.1, -0.05) is 122 Å². The molecule has 290 valence electrons. The van der Waals surface area contributed by atoms with Gasteiger partial charge in [0.15, 0.2) is 0 Å². The lowest BCUT2D eigenvalue weighted by molar-refractivity contribution is -0.0418. The van der Waals surface area contributed by atoms with Gasteiger partial charge in [-0.3, -0.25) is 0 Å². The lowest BCUT2D eigenvalue weighted by Gasteiger charge is -2.62. The summed E-state index contributed by atoms with van der Waals surface area (Å²) < 4.78 is 0. The first-order valence-corrected chi connectivity index (χ1v) is 22.4. The highest BCUT2D eigenvalue weighted by molar-refractivity contribution is 5.86. The summed E-state index contributed by atoms with van der Waals surface area (Å²) in [5, 5.41) is 0. The van der Waals surface area contributed by atoms with Gasteiger partial charge in [0, 0.05) is 45.0 Å². The van der Waals surface area contributed by atoms with Gasteiger partial charge in [-0.25, -0.2) is 0 Å². The van der Waals surface area contributed by atoms with E-state index in [1.54, 1.807) is 5.56 Å². The number of para-hydroxylation sites is 3. The summed E-state index contributed by atoms with van der Waals surface area (Å²) in [6, 6.07) is 69.0. The van der Waals surface area contributed by atoms with Crippen LogP contribution in [0.5, 0.6) is 0 Å². The topological polar surface area (TPSA) is 6.48 Å². The van der Waals surface area contributed by atoms with Gasteiger partial charge < -0.3 is 9.80 Å². The van der Waals surface area contributed by atoms with E-state index in [0.717, 1.165) is 11.8 Å². The van der Waals surface area contributed by atoms with E-state index in [0.29, 0.717) is 11.8 Å². The van der Waals surface area contributed by atoms with Crippen molar-refractivity contribution in [2.75, 3.05) is 9.80 Å². The van der Waals surface area contributed by atoms with Crippen LogP contribution in [0.2, 0.25) is 0 Å². The SMILES string of the molecule is c1ccc(N(c2ccccc2)c2ccc(C3(c4ccc(N(c5ccccc5)c5ccc6c(c5)C5(CCCC5)c5ccccc5-6)cc4)C4CC5CC(C4)CC3C5)cc2)cc1. The fourth-order valence-corrected chi connectivity index (χ4v) is 13.5. The van der Waals surface area contributed by atoms with Gasteiger partial charge in [0.25, 0.3) is 0 Å². The van der Waals surface area contributed by atoms with E-state index in [1.807, 2.05) is 0 Å². The standard InChI is InChI=1S/C57H52N2/c1-4-14-46(15-5-1)58(47-16-6-2-7-17-47)49-26-22-42(23-27-49)57(44-35-40-34-41(37-44)38-45(57)36-40)43-24-28-50(29-25-43)59(48-18-8-3-9-19-48)51-30-31-53-52-20-10-11-21-54(52)56(55(53)39-51)32-12-13-33-56/h1-11,14-31,39-41,44-45H,12-13,32-38H2. The van der Waals surface area contributed by atoms with E-state index in [-0.39, 0.29) is 10.8 Å². The predicted molar refractivity (Wildman–Crippen MR) is 245 cm³/mol. The predicted octanol–water partition coefficient (Wildman–Crippen LogP) is 15.2. The lowest BCUT2D eigenvalue weighted by atomic mass is 9.42. The second kappa shape index (κ2) is 13.9. The van der Waals surface area contributed by atoms with Crippen molar-refractivity contribution in [2.24, 2.45) is 23.7 Å². The summed E-state index contributed by atoms with van der Waals surface area (Å²) in [6.45, 7) is 0. The molecular formula is C57H52N2. The third-order valence-electron chi connectivity index (χ3n) is 15.6. The minimum atomic E-state index is 0.0145. The Morgan fingerprint density at radius 1 is 0.356 bits per heavy atom. The maximum absolute atomic E-state index is 2.55. The fourth-order valence-electron chi connectivity index (χ4n) is 13.5. The van der Waals surface area contributed by atoms with Crippen LogP contribution in [0.1, 0.15) is 80.0 Å². The van der Waals surface area contributed by atoms with Crippen LogP contribution in [0, 0.1) is 23.7 Å². The van der Waals surface area contributed by atoms with Crippen LogP contribution in [-0.2, 0) is 10.8 Å². The average Bonchev–Trinajstić information content (AvgIpc) is 3.89. The molecule has 5 fully saturated rings. The Bertz CT molecular complexity index is 2540. The van der Waals surface area contributed by atoms with E-state index in [9.17, 15) is 0 Å². The molecule has 6 aliphatic rings. The summed E-state index contributed by atoms with van der Waals surface area (Å²) in [6.07, 6.45) is 11.9. The number of rotatable bonds is 8. The molecule has 13 rings (SSSR count). The Balaban J connectivity index is 0.957. The minimum absolute atomic E-state index is 0.0145. The molecule has 0 aromatic heterocycles. The molecule has 2 heteroatoms. The first-order valence-electron chi connectivity index (χ1n) is 22.4. The highest BCUT2D eigenvalue weighted by atomic mass is 15.1. The van der Waals surface area contributed by atoms with Gasteiger partial charge in [-0.15, -0.1) is 0 Å². The van der Waals surface area contributed by atoms with Crippen molar-refractivity contribution in [3.05, 3.63) is 204 Å². The summed E-state index contributed by atoms with van der Waals surface area (Å²) in [5.41, 5.74) is 16.4. The molecular weight excluding hydrogens is 713 g/mol. The van der Waals surface area contributed by atoms with Gasteiger partial charge in [0.2, 0.25) is 0 Å². The van der Waals surface area contributed by atoms with E-state index in [2.05, 4.69) is 192 Å². The molecule has 0 aliphatic heterocycles. The summed E-state index contributed by atoms with van der Waals surface area (Å²) in [4.78, 5) is 4.91. The molecule has 59 heavy (non-hydrogen) atoms. The second-order valence-electron chi connectivity index (χ2n) is 18.5. The maximum atomic E-state index is 2.55. The Kier molecular flexibility index (Phi) is 8.26. The molecule has 4 bridgehead atoms. The number of nitrogens with zero attached hydrogens (tertiary/aromatic N) is 2. The summed E-state index contributed by atoms with van der Waals surface area (Å²) in [5.74, 6) is 3.11. The molecule has 0 unspecified atom stereocenters. The van der Waals surface area contributed by atoms with Crippen molar-refractivity contribution in [3.63, 3.8) is 0 Å². The van der Waals surface area contributed by atoms with Crippen molar-refractivity contribution in [2.45, 2.75) is 68.6 Å². The van der Waals surface area contributed by atoms with Gasteiger partial charge >= 0.3 is 0 Å².